The maximum Gasteiger partial charge on any atom is 0.340 e. The zero-order valence-corrected chi connectivity index (χ0v) is 9.81. The molecule has 1 atom stereocenters. The van der Waals surface area contributed by atoms with Crippen molar-refractivity contribution in [1.82, 2.24) is 0 Å². The van der Waals surface area contributed by atoms with Gasteiger partial charge in [0.15, 0.2) is 5.60 Å². The lowest BCUT2D eigenvalue weighted by Crippen LogP contribution is -2.35. The SMILES string of the molecule is CC=CCOC(C)(C(=O)O)c1cccc(F)c1. The summed E-state index contributed by atoms with van der Waals surface area (Å²) in [5.74, 6) is -1.63. The number of aliphatic carboxylic acids is 1. The summed E-state index contributed by atoms with van der Waals surface area (Å²) in [5.41, 5.74) is -1.25. The van der Waals surface area contributed by atoms with Crippen molar-refractivity contribution in [3.63, 3.8) is 0 Å². The first-order valence-electron chi connectivity index (χ1n) is 5.25. The number of hydrogen-bond donors (Lipinski definition) is 1. The van der Waals surface area contributed by atoms with Crippen LogP contribution in [0.4, 0.5) is 4.39 Å². The highest BCUT2D eigenvalue weighted by molar-refractivity contribution is 5.78. The summed E-state index contributed by atoms with van der Waals surface area (Å²) in [6.45, 7) is 3.38. The van der Waals surface area contributed by atoms with Gasteiger partial charge in [0.1, 0.15) is 5.82 Å². The normalized spacial score (nSPS) is 14.8. The van der Waals surface area contributed by atoms with Gasteiger partial charge >= 0.3 is 5.97 Å². The van der Waals surface area contributed by atoms with Gasteiger partial charge in [0, 0.05) is 0 Å². The summed E-state index contributed by atoms with van der Waals surface area (Å²) in [7, 11) is 0. The first kappa shape index (κ1) is 13.4. The number of carboxylic acids is 1. The fraction of sp³-hybridized carbons (Fsp3) is 0.308. The van der Waals surface area contributed by atoms with E-state index in [0.29, 0.717) is 0 Å². The minimum Gasteiger partial charge on any atom is -0.479 e. The minimum absolute atomic E-state index is 0.163. The Morgan fingerprint density at radius 1 is 1.59 bits per heavy atom. The Labute approximate surface area is 99.5 Å². The van der Waals surface area contributed by atoms with Gasteiger partial charge < -0.3 is 9.84 Å². The third-order valence-corrected chi connectivity index (χ3v) is 2.49. The molecule has 1 aromatic rings. The van der Waals surface area contributed by atoms with Gasteiger partial charge in [-0.25, -0.2) is 9.18 Å². The standard InChI is InChI=1S/C13H15FO3/c1-3-4-8-17-13(2,12(15)16)10-6-5-7-11(14)9-10/h3-7,9H,8H2,1-2H3,(H,15,16). The molecule has 0 saturated heterocycles. The third-order valence-electron chi connectivity index (χ3n) is 2.49. The Morgan fingerprint density at radius 3 is 2.82 bits per heavy atom. The smallest absolute Gasteiger partial charge is 0.340 e. The molecular formula is C13H15FO3. The van der Waals surface area contributed by atoms with Crippen LogP contribution in [0.25, 0.3) is 0 Å². The lowest BCUT2D eigenvalue weighted by atomic mass is 9.96. The largest absolute Gasteiger partial charge is 0.479 e. The van der Waals surface area contributed by atoms with Crippen LogP contribution >= 0.6 is 0 Å². The van der Waals surface area contributed by atoms with Crippen molar-refractivity contribution in [2.24, 2.45) is 0 Å². The number of carboxylic acid groups (broad SMARTS) is 1. The molecule has 1 unspecified atom stereocenters. The number of carbonyl (C=O) groups is 1. The van der Waals surface area contributed by atoms with Crippen LogP contribution in [-0.2, 0) is 15.1 Å². The third kappa shape index (κ3) is 3.14. The molecule has 0 radical (unpaired) electrons. The Balaban J connectivity index is 3.02. The van der Waals surface area contributed by atoms with E-state index in [-0.39, 0.29) is 12.2 Å². The molecule has 17 heavy (non-hydrogen) atoms. The van der Waals surface area contributed by atoms with Gasteiger partial charge in [0.05, 0.1) is 6.61 Å². The van der Waals surface area contributed by atoms with Gasteiger partial charge in [0.25, 0.3) is 0 Å². The summed E-state index contributed by atoms with van der Waals surface area (Å²) < 4.78 is 18.4. The van der Waals surface area contributed by atoms with Crippen molar-refractivity contribution < 1.29 is 19.0 Å². The molecule has 0 aliphatic rings. The second kappa shape index (κ2) is 5.59. The number of ether oxygens (including phenoxy) is 1. The molecule has 0 bridgehead atoms. The van der Waals surface area contributed by atoms with E-state index in [0.717, 1.165) is 0 Å². The predicted molar refractivity (Wildman–Crippen MR) is 62.2 cm³/mol. The van der Waals surface area contributed by atoms with E-state index >= 15 is 0 Å². The molecule has 0 aromatic heterocycles. The summed E-state index contributed by atoms with van der Waals surface area (Å²) in [4.78, 5) is 11.3. The van der Waals surface area contributed by atoms with Crippen LogP contribution in [0.5, 0.6) is 0 Å². The second-order valence-electron chi connectivity index (χ2n) is 3.73. The topological polar surface area (TPSA) is 46.5 Å². The van der Waals surface area contributed by atoms with Crippen LogP contribution in [0.3, 0.4) is 0 Å². The van der Waals surface area contributed by atoms with E-state index in [9.17, 15) is 14.3 Å². The van der Waals surface area contributed by atoms with Crippen LogP contribution in [0.1, 0.15) is 19.4 Å². The summed E-state index contributed by atoms with van der Waals surface area (Å²) in [6.07, 6.45) is 3.45. The summed E-state index contributed by atoms with van der Waals surface area (Å²) in [6, 6.07) is 5.43. The van der Waals surface area contributed by atoms with E-state index < -0.39 is 17.4 Å². The fourth-order valence-electron chi connectivity index (χ4n) is 1.36. The molecule has 4 heteroatoms. The van der Waals surface area contributed by atoms with Gasteiger partial charge in [-0.15, -0.1) is 0 Å². The monoisotopic (exact) mass is 238 g/mol. The van der Waals surface area contributed by atoms with E-state index in [4.69, 9.17) is 4.74 Å². The second-order valence-corrected chi connectivity index (χ2v) is 3.73. The zero-order valence-electron chi connectivity index (χ0n) is 9.81. The van der Waals surface area contributed by atoms with Crippen molar-refractivity contribution in [1.29, 1.82) is 0 Å². The first-order valence-corrected chi connectivity index (χ1v) is 5.25. The lowest BCUT2D eigenvalue weighted by molar-refractivity contribution is -0.163. The first-order chi connectivity index (χ1) is 8.00. The van der Waals surface area contributed by atoms with Crippen molar-refractivity contribution in [3.8, 4) is 0 Å². The molecule has 1 N–H and O–H groups in total. The van der Waals surface area contributed by atoms with E-state index in [2.05, 4.69) is 0 Å². The van der Waals surface area contributed by atoms with E-state index in [1.807, 2.05) is 6.92 Å². The molecule has 0 saturated carbocycles. The van der Waals surface area contributed by atoms with Gasteiger partial charge in [0.2, 0.25) is 0 Å². The quantitative estimate of drug-likeness (QED) is 0.802. The summed E-state index contributed by atoms with van der Waals surface area (Å²) >= 11 is 0. The number of hydrogen-bond acceptors (Lipinski definition) is 2. The molecule has 0 aliphatic carbocycles. The molecule has 92 valence electrons. The van der Waals surface area contributed by atoms with Crippen LogP contribution in [0.15, 0.2) is 36.4 Å². The number of halogens is 1. The van der Waals surface area contributed by atoms with Crippen LogP contribution < -0.4 is 0 Å². The Morgan fingerprint density at radius 2 is 2.29 bits per heavy atom. The minimum atomic E-state index is -1.54. The van der Waals surface area contributed by atoms with Crippen LogP contribution in [0.2, 0.25) is 0 Å². The lowest BCUT2D eigenvalue weighted by Gasteiger charge is -2.25. The molecule has 0 fully saturated rings. The summed E-state index contributed by atoms with van der Waals surface area (Å²) in [5, 5.41) is 9.20. The van der Waals surface area contributed by atoms with Crippen molar-refractivity contribution in [3.05, 3.63) is 47.8 Å². The van der Waals surface area contributed by atoms with E-state index in [1.165, 1.54) is 31.2 Å². The highest BCUT2D eigenvalue weighted by Crippen LogP contribution is 2.26. The number of benzene rings is 1. The fourth-order valence-corrected chi connectivity index (χ4v) is 1.36. The molecular weight excluding hydrogens is 223 g/mol. The van der Waals surface area contributed by atoms with Gasteiger partial charge in [-0.3, -0.25) is 0 Å². The van der Waals surface area contributed by atoms with Gasteiger partial charge in [-0.05, 0) is 31.5 Å². The predicted octanol–water partition coefficient (Wildman–Crippen LogP) is 2.72. The number of allylic oxidation sites excluding steroid dienone is 1. The highest BCUT2D eigenvalue weighted by atomic mass is 19.1. The molecule has 0 amide bonds. The van der Waals surface area contributed by atoms with Crippen LogP contribution in [0, 0.1) is 5.82 Å². The van der Waals surface area contributed by atoms with Crippen molar-refractivity contribution in [2.75, 3.05) is 6.61 Å². The highest BCUT2D eigenvalue weighted by Gasteiger charge is 2.36. The average Bonchev–Trinajstić information content (AvgIpc) is 2.29. The van der Waals surface area contributed by atoms with Crippen molar-refractivity contribution in [2.45, 2.75) is 19.4 Å². The molecule has 1 aromatic carbocycles. The Kier molecular flexibility index (Phi) is 4.40. The average molecular weight is 238 g/mol. The zero-order chi connectivity index (χ0) is 12.9. The van der Waals surface area contributed by atoms with Crippen molar-refractivity contribution >= 4 is 5.97 Å². The molecule has 0 spiro atoms. The molecule has 3 nitrogen and oxygen atoms in total. The maximum atomic E-state index is 13.1. The Bertz CT molecular complexity index is 428. The van der Waals surface area contributed by atoms with Gasteiger partial charge in [-0.1, -0.05) is 24.3 Å². The van der Waals surface area contributed by atoms with E-state index in [1.54, 1.807) is 12.2 Å². The van der Waals surface area contributed by atoms with Crippen LogP contribution in [-0.4, -0.2) is 17.7 Å². The molecule has 0 heterocycles. The maximum absolute atomic E-state index is 13.1. The molecule has 0 aliphatic heterocycles. The van der Waals surface area contributed by atoms with Gasteiger partial charge in [-0.2, -0.15) is 0 Å². The number of rotatable bonds is 5. The molecule has 1 rings (SSSR count). The Hall–Kier alpha value is -1.68.